The molecule has 1 aliphatic heterocycles. The Kier molecular flexibility index (Phi) is 2.52. The highest BCUT2D eigenvalue weighted by atomic mass is 32.2. The van der Waals surface area contributed by atoms with Gasteiger partial charge in [0.15, 0.2) is 0 Å². The average molecular weight is 221 g/mol. The zero-order valence-corrected chi connectivity index (χ0v) is 9.43. The number of nitrogens with zero attached hydrogens (tertiary/aromatic N) is 1. The van der Waals surface area contributed by atoms with E-state index in [4.69, 9.17) is 0 Å². The first-order chi connectivity index (χ1) is 7.13. The van der Waals surface area contributed by atoms with E-state index in [1.54, 1.807) is 11.8 Å². The van der Waals surface area contributed by atoms with E-state index < -0.39 is 0 Å². The zero-order chi connectivity index (χ0) is 11.0. The summed E-state index contributed by atoms with van der Waals surface area (Å²) in [5.41, 5.74) is 1.49. The van der Waals surface area contributed by atoms with Gasteiger partial charge < -0.3 is 0 Å². The van der Waals surface area contributed by atoms with Crippen molar-refractivity contribution in [1.29, 1.82) is 0 Å². The second kappa shape index (κ2) is 3.70. The lowest BCUT2D eigenvalue weighted by Crippen LogP contribution is -2.39. The van der Waals surface area contributed by atoms with Gasteiger partial charge in [-0.3, -0.25) is 14.5 Å². The van der Waals surface area contributed by atoms with Crippen molar-refractivity contribution in [3.63, 3.8) is 0 Å². The van der Waals surface area contributed by atoms with Gasteiger partial charge in [0, 0.05) is 17.5 Å². The van der Waals surface area contributed by atoms with Crippen molar-refractivity contribution in [1.82, 2.24) is 4.90 Å². The minimum atomic E-state index is -0.197. The van der Waals surface area contributed by atoms with E-state index in [0.29, 0.717) is 12.0 Å². The third-order valence-corrected chi connectivity index (χ3v) is 3.29. The molecule has 0 aromatic heterocycles. The number of fused-ring (bicyclic) bond motifs is 1. The predicted octanol–water partition coefficient (Wildman–Crippen LogP) is 1.56. The van der Waals surface area contributed by atoms with Gasteiger partial charge in [-0.25, -0.2) is 0 Å². The average Bonchev–Trinajstić information content (AvgIpc) is 2.26. The van der Waals surface area contributed by atoms with Crippen LogP contribution in [0.4, 0.5) is 0 Å². The summed E-state index contributed by atoms with van der Waals surface area (Å²) < 4.78 is 0. The number of rotatable bonds is 1. The van der Waals surface area contributed by atoms with Crippen molar-refractivity contribution >= 4 is 23.6 Å². The third kappa shape index (κ3) is 1.65. The summed E-state index contributed by atoms with van der Waals surface area (Å²) in [5, 5.41) is 0. The van der Waals surface area contributed by atoms with Crippen LogP contribution in [0.2, 0.25) is 0 Å². The molecule has 0 saturated carbocycles. The summed E-state index contributed by atoms with van der Waals surface area (Å²) in [6.45, 7) is 0. The van der Waals surface area contributed by atoms with Crippen LogP contribution in [0.5, 0.6) is 0 Å². The minimum Gasteiger partial charge on any atom is -0.281 e. The van der Waals surface area contributed by atoms with Crippen LogP contribution < -0.4 is 0 Å². The lowest BCUT2D eigenvalue weighted by molar-refractivity contribution is -0.127. The molecule has 2 rings (SSSR count). The molecular formula is C11H11NO2S. The molecule has 0 saturated heterocycles. The van der Waals surface area contributed by atoms with E-state index in [9.17, 15) is 9.59 Å². The molecule has 15 heavy (non-hydrogen) atoms. The van der Waals surface area contributed by atoms with Gasteiger partial charge in [0.2, 0.25) is 5.91 Å². The number of amides is 2. The van der Waals surface area contributed by atoms with Gasteiger partial charge in [0.25, 0.3) is 5.91 Å². The van der Waals surface area contributed by atoms with Gasteiger partial charge in [0.1, 0.15) is 0 Å². The van der Waals surface area contributed by atoms with Gasteiger partial charge in [-0.2, -0.15) is 0 Å². The summed E-state index contributed by atoms with van der Waals surface area (Å²) in [5.74, 6) is -0.332. The zero-order valence-electron chi connectivity index (χ0n) is 8.61. The van der Waals surface area contributed by atoms with E-state index in [0.717, 1.165) is 10.5 Å². The molecule has 1 aliphatic rings. The molecule has 0 unspecified atom stereocenters. The van der Waals surface area contributed by atoms with Crippen LogP contribution in [-0.2, 0) is 11.2 Å². The molecule has 0 radical (unpaired) electrons. The van der Waals surface area contributed by atoms with Crippen LogP contribution in [0.15, 0.2) is 23.1 Å². The van der Waals surface area contributed by atoms with Crippen molar-refractivity contribution in [2.45, 2.75) is 11.3 Å². The molecule has 0 spiro atoms. The first kappa shape index (κ1) is 10.2. The van der Waals surface area contributed by atoms with E-state index in [-0.39, 0.29) is 11.8 Å². The highest BCUT2D eigenvalue weighted by Gasteiger charge is 2.27. The third-order valence-electron chi connectivity index (χ3n) is 2.57. The molecule has 1 heterocycles. The fraction of sp³-hybridized carbons (Fsp3) is 0.273. The number of likely N-dealkylation sites (N-methyl/N-ethyl adjacent to an activating group) is 1. The van der Waals surface area contributed by atoms with Gasteiger partial charge in [-0.15, -0.1) is 11.8 Å². The molecule has 0 fully saturated rings. The van der Waals surface area contributed by atoms with Gasteiger partial charge >= 0.3 is 0 Å². The molecule has 2 amide bonds. The number of carbonyl (C=O) groups is 2. The molecule has 4 heteroatoms. The quantitative estimate of drug-likeness (QED) is 0.533. The van der Waals surface area contributed by atoms with Gasteiger partial charge in [0.05, 0.1) is 6.42 Å². The normalized spacial score (nSPS) is 15.5. The van der Waals surface area contributed by atoms with E-state index >= 15 is 0 Å². The molecule has 0 bridgehead atoms. The van der Waals surface area contributed by atoms with Crippen molar-refractivity contribution in [2.75, 3.05) is 13.3 Å². The Morgan fingerprint density at radius 1 is 1.33 bits per heavy atom. The Hall–Kier alpha value is -1.29. The first-order valence-electron chi connectivity index (χ1n) is 4.61. The molecule has 0 aliphatic carbocycles. The number of carbonyl (C=O) groups excluding carboxylic acids is 2. The van der Waals surface area contributed by atoms with Crippen LogP contribution in [0.3, 0.4) is 0 Å². The van der Waals surface area contributed by atoms with Crippen molar-refractivity contribution in [3.8, 4) is 0 Å². The Labute approximate surface area is 92.5 Å². The largest absolute Gasteiger partial charge is 0.281 e. The lowest BCUT2D eigenvalue weighted by Gasteiger charge is -2.23. The van der Waals surface area contributed by atoms with Crippen LogP contribution in [0, 0.1) is 0 Å². The van der Waals surface area contributed by atoms with Crippen LogP contribution in [-0.4, -0.2) is 30.0 Å². The molecule has 0 atom stereocenters. The maximum Gasteiger partial charge on any atom is 0.260 e. The number of hydrogen-bond acceptors (Lipinski definition) is 3. The maximum atomic E-state index is 11.8. The number of benzene rings is 1. The molecule has 1 aromatic rings. The standard InChI is InChI=1S/C11H11NO2S/c1-12-10(13)5-7-3-4-8(15-2)6-9(7)11(12)14/h3-4,6H,5H2,1-2H3. The topological polar surface area (TPSA) is 37.4 Å². The first-order valence-corrected chi connectivity index (χ1v) is 5.83. The van der Waals surface area contributed by atoms with Crippen molar-refractivity contribution in [3.05, 3.63) is 29.3 Å². The second-order valence-electron chi connectivity index (χ2n) is 3.46. The summed E-state index contributed by atoms with van der Waals surface area (Å²) in [6.07, 6.45) is 2.29. The minimum absolute atomic E-state index is 0.135. The van der Waals surface area contributed by atoms with Crippen LogP contribution >= 0.6 is 11.8 Å². The highest BCUT2D eigenvalue weighted by Crippen LogP contribution is 2.24. The van der Waals surface area contributed by atoms with E-state index in [1.165, 1.54) is 11.9 Å². The molecule has 1 aromatic carbocycles. The number of hydrogen-bond donors (Lipinski definition) is 0. The Bertz CT molecular complexity index is 442. The number of thioether (sulfide) groups is 1. The number of imide groups is 1. The predicted molar refractivity (Wildman–Crippen MR) is 59.0 cm³/mol. The summed E-state index contributed by atoms with van der Waals surface area (Å²) >= 11 is 1.59. The Balaban J connectivity index is 2.51. The maximum absolute atomic E-state index is 11.8. The van der Waals surface area contributed by atoms with Crippen LogP contribution in [0.25, 0.3) is 0 Å². The second-order valence-corrected chi connectivity index (χ2v) is 4.34. The molecule has 78 valence electrons. The molecule has 3 nitrogen and oxygen atoms in total. The highest BCUT2D eigenvalue weighted by molar-refractivity contribution is 7.98. The van der Waals surface area contributed by atoms with Gasteiger partial charge in [-0.05, 0) is 24.0 Å². The van der Waals surface area contributed by atoms with Crippen molar-refractivity contribution < 1.29 is 9.59 Å². The smallest absolute Gasteiger partial charge is 0.260 e. The van der Waals surface area contributed by atoms with Crippen LogP contribution in [0.1, 0.15) is 15.9 Å². The molecular weight excluding hydrogens is 210 g/mol. The van der Waals surface area contributed by atoms with E-state index in [2.05, 4.69) is 0 Å². The SMILES string of the molecule is CSc1ccc2c(c1)C(=O)N(C)C(=O)C2. The monoisotopic (exact) mass is 221 g/mol. The van der Waals surface area contributed by atoms with Crippen molar-refractivity contribution in [2.24, 2.45) is 0 Å². The molecule has 0 N–H and O–H groups in total. The summed E-state index contributed by atoms with van der Waals surface area (Å²) in [7, 11) is 1.53. The summed E-state index contributed by atoms with van der Waals surface area (Å²) in [4.78, 5) is 25.4. The Morgan fingerprint density at radius 2 is 2.07 bits per heavy atom. The fourth-order valence-corrected chi connectivity index (χ4v) is 2.05. The Morgan fingerprint density at radius 3 is 2.73 bits per heavy atom. The van der Waals surface area contributed by atoms with E-state index in [1.807, 2.05) is 24.5 Å². The fourth-order valence-electron chi connectivity index (χ4n) is 1.61. The van der Waals surface area contributed by atoms with Gasteiger partial charge in [-0.1, -0.05) is 6.07 Å². The summed E-state index contributed by atoms with van der Waals surface area (Å²) in [6, 6.07) is 5.66. The lowest BCUT2D eigenvalue weighted by atomic mass is 9.99.